The largest absolute Gasteiger partial charge is 0.497 e. The van der Waals surface area contributed by atoms with Crippen molar-refractivity contribution in [1.82, 2.24) is 4.90 Å². The molecule has 0 aliphatic carbocycles. The zero-order chi connectivity index (χ0) is 20.1. The molecule has 2 amide bonds. The molecule has 0 atom stereocenters. The number of amides is 2. The molecular formula is C22H22N2O3S. The predicted octanol–water partition coefficient (Wildman–Crippen LogP) is 4.59. The molecule has 0 bridgehead atoms. The molecule has 2 aromatic carbocycles. The summed E-state index contributed by atoms with van der Waals surface area (Å²) < 4.78 is 5.11. The van der Waals surface area contributed by atoms with Crippen molar-refractivity contribution in [2.24, 2.45) is 0 Å². The van der Waals surface area contributed by atoms with Crippen LogP contribution >= 0.6 is 11.3 Å². The summed E-state index contributed by atoms with van der Waals surface area (Å²) in [4.78, 5) is 28.4. The summed E-state index contributed by atoms with van der Waals surface area (Å²) in [7, 11) is 3.34. The average molecular weight is 394 g/mol. The number of hydrogen-bond donors (Lipinski definition) is 1. The van der Waals surface area contributed by atoms with Gasteiger partial charge in [0.15, 0.2) is 0 Å². The second-order valence-electron chi connectivity index (χ2n) is 6.42. The Morgan fingerprint density at radius 2 is 1.79 bits per heavy atom. The first kappa shape index (κ1) is 19.6. The van der Waals surface area contributed by atoms with Crippen LogP contribution in [0.15, 0.2) is 60.0 Å². The van der Waals surface area contributed by atoms with Gasteiger partial charge in [0.1, 0.15) is 5.75 Å². The fourth-order valence-corrected chi connectivity index (χ4v) is 3.73. The molecule has 0 saturated carbocycles. The quantitative estimate of drug-likeness (QED) is 0.665. The number of carbonyl (C=O) groups excluding carboxylic acids is 2. The second-order valence-corrected chi connectivity index (χ2v) is 7.42. The fourth-order valence-electron chi connectivity index (χ4n) is 2.77. The number of para-hydroxylation sites is 1. The van der Waals surface area contributed by atoms with Crippen LogP contribution in [0.5, 0.6) is 5.75 Å². The molecule has 1 aromatic heterocycles. The van der Waals surface area contributed by atoms with Crippen molar-refractivity contribution in [1.29, 1.82) is 0 Å². The third kappa shape index (κ3) is 4.40. The highest BCUT2D eigenvalue weighted by Crippen LogP contribution is 2.22. The van der Waals surface area contributed by atoms with Crippen molar-refractivity contribution >= 4 is 28.8 Å². The lowest BCUT2D eigenvalue weighted by molar-refractivity contribution is 0.0787. The molecule has 28 heavy (non-hydrogen) atoms. The molecule has 0 radical (unpaired) electrons. The number of carbonyl (C=O) groups is 2. The molecule has 0 aliphatic heterocycles. The molecule has 0 unspecified atom stereocenters. The van der Waals surface area contributed by atoms with E-state index < -0.39 is 0 Å². The van der Waals surface area contributed by atoms with Crippen LogP contribution in [0, 0.1) is 6.92 Å². The van der Waals surface area contributed by atoms with Crippen molar-refractivity contribution in [2.75, 3.05) is 19.5 Å². The molecule has 0 fully saturated rings. The molecule has 1 heterocycles. The zero-order valence-corrected chi connectivity index (χ0v) is 16.9. The Balaban J connectivity index is 1.77. The number of hydrogen-bond acceptors (Lipinski definition) is 4. The molecule has 1 N–H and O–H groups in total. The number of nitrogens with zero attached hydrogens (tertiary/aromatic N) is 1. The Hall–Kier alpha value is -3.12. The number of ether oxygens (including phenoxy) is 1. The minimum Gasteiger partial charge on any atom is -0.497 e. The maximum atomic E-state index is 13.0. The third-order valence-corrected chi connectivity index (χ3v) is 5.46. The zero-order valence-electron chi connectivity index (χ0n) is 16.1. The van der Waals surface area contributed by atoms with E-state index in [2.05, 4.69) is 5.32 Å². The number of rotatable bonds is 6. The summed E-state index contributed by atoms with van der Waals surface area (Å²) in [5, 5.41) is 4.87. The highest BCUT2D eigenvalue weighted by atomic mass is 32.1. The van der Waals surface area contributed by atoms with Crippen LogP contribution in [-0.4, -0.2) is 30.9 Å². The summed E-state index contributed by atoms with van der Waals surface area (Å²) >= 11 is 1.63. The van der Waals surface area contributed by atoms with Crippen LogP contribution < -0.4 is 10.1 Å². The maximum absolute atomic E-state index is 13.0. The lowest BCUT2D eigenvalue weighted by Crippen LogP contribution is -2.27. The van der Waals surface area contributed by atoms with Crippen molar-refractivity contribution < 1.29 is 14.3 Å². The third-order valence-electron chi connectivity index (χ3n) is 4.45. The van der Waals surface area contributed by atoms with Gasteiger partial charge in [-0.05, 0) is 60.3 Å². The number of anilines is 1. The predicted molar refractivity (Wildman–Crippen MR) is 112 cm³/mol. The van der Waals surface area contributed by atoms with E-state index in [1.165, 1.54) is 5.56 Å². The Morgan fingerprint density at radius 1 is 1.07 bits per heavy atom. The van der Waals surface area contributed by atoms with Crippen molar-refractivity contribution in [3.63, 3.8) is 0 Å². The van der Waals surface area contributed by atoms with Crippen molar-refractivity contribution in [3.8, 4) is 5.75 Å². The molecule has 144 valence electrons. The van der Waals surface area contributed by atoms with Crippen LogP contribution in [-0.2, 0) is 6.54 Å². The lowest BCUT2D eigenvalue weighted by Gasteiger charge is -2.19. The van der Waals surface area contributed by atoms with E-state index in [0.717, 1.165) is 4.88 Å². The van der Waals surface area contributed by atoms with E-state index in [-0.39, 0.29) is 11.8 Å². The van der Waals surface area contributed by atoms with Gasteiger partial charge >= 0.3 is 0 Å². The summed E-state index contributed by atoms with van der Waals surface area (Å²) in [6.07, 6.45) is 0. The lowest BCUT2D eigenvalue weighted by atomic mass is 10.1. The van der Waals surface area contributed by atoms with Gasteiger partial charge in [-0.1, -0.05) is 12.1 Å². The van der Waals surface area contributed by atoms with Crippen LogP contribution in [0.4, 0.5) is 5.69 Å². The molecule has 3 rings (SSSR count). The van der Waals surface area contributed by atoms with Gasteiger partial charge in [-0.2, -0.15) is 0 Å². The van der Waals surface area contributed by atoms with E-state index in [0.29, 0.717) is 29.1 Å². The first-order chi connectivity index (χ1) is 13.5. The van der Waals surface area contributed by atoms with E-state index in [1.54, 1.807) is 78.9 Å². The van der Waals surface area contributed by atoms with Gasteiger partial charge in [0, 0.05) is 17.5 Å². The van der Waals surface area contributed by atoms with Crippen LogP contribution in [0.2, 0.25) is 0 Å². The number of nitrogens with one attached hydrogen (secondary N) is 1. The topological polar surface area (TPSA) is 58.6 Å². The molecule has 3 aromatic rings. The summed E-state index contributed by atoms with van der Waals surface area (Å²) in [6.45, 7) is 2.57. The Kier molecular flexibility index (Phi) is 6.11. The standard InChI is InChI=1S/C22H22N2O3S/c1-15-12-13-28-20(15)14-24(2)22(26)18-6-4-5-7-19(18)23-21(25)16-8-10-17(27-3)11-9-16/h4-13H,14H2,1-3H3,(H,23,25). The first-order valence-corrected chi connectivity index (χ1v) is 9.70. The van der Waals surface area contributed by atoms with Gasteiger partial charge in [0.25, 0.3) is 11.8 Å². The van der Waals surface area contributed by atoms with Crippen molar-refractivity contribution in [3.05, 3.63) is 81.5 Å². The fraction of sp³-hybridized carbons (Fsp3) is 0.182. The number of thiophene rings is 1. The van der Waals surface area contributed by atoms with Crippen LogP contribution in [0.3, 0.4) is 0 Å². The monoisotopic (exact) mass is 394 g/mol. The normalized spacial score (nSPS) is 10.4. The molecule has 0 saturated heterocycles. The second kappa shape index (κ2) is 8.71. The Bertz CT molecular complexity index is 979. The molecule has 0 spiro atoms. The van der Waals surface area contributed by atoms with Crippen LogP contribution in [0.25, 0.3) is 0 Å². The smallest absolute Gasteiger partial charge is 0.256 e. The molecule has 0 aliphatic rings. The molecule has 6 heteroatoms. The molecular weight excluding hydrogens is 372 g/mol. The number of aryl methyl sites for hydroxylation is 1. The Morgan fingerprint density at radius 3 is 2.43 bits per heavy atom. The summed E-state index contributed by atoms with van der Waals surface area (Å²) in [5.74, 6) is 0.260. The van der Waals surface area contributed by atoms with E-state index >= 15 is 0 Å². The van der Waals surface area contributed by atoms with Gasteiger partial charge < -0.3 is 15.0 Å². The molecule has 5 nitrogen and oxygen atoms in total. The van der Waals surface area contributed by atoms with Gasteiger partial charge in [-0.15, -0.1) is 11.3 Å². The number of benzene rings is 2. The van der Waals surface area contributed by atoms with Gasteiger partial charge in [0.05, 0.1) is 24.9 Å². The minimum atomic E-state index is -0.278. The summed E-state index contributed by atoms with van der Waals surface area (Å²) in [6, 6.07) is 15.9. The maximum Gasteiger partial charge on any atom is 0.256 e. The first-order valence-electron chi connectivity index (χ1n) is 8.82. The van der Waals surface area contributed by atoms with E-state index in [9.17, 15) is 9.59 Å². The minimum absolute atomic E-state index is 0.140. The van der Waals surface area contributed by atoms with Crippen LogP contribution in [0.1, 0.15) is 31.2 Å². The number of methoxy groups -OCH3 is 1. The highest BCUT2D eigenvalue weighted by Gasteiger charge is 2.18. The van der Waals surface area contributed by atoms with Gasteiger partial charge in [-0.3, -0.25) is 9.59 Å². The average Bonchev–Trinajstić information content (AvgIpc) is 3.12. The van der Waals surface area contributed by atoms with Gasteiger partial charge in [0.2, 0.25) is 0 Å². The SMILES string of the molecule is COc1ccc(C(=O)Nc2ccccc2C(=O)N(C)Cc2sccc2C)cc1. The van der Waals surface area contributed by atoms with E-state index in [1.807, 2.05) is 18.4 Å². The highest BCUT2D eigenvalue weighted by molar-refractivity contribution is 7.10. The Labute approximate surface area is 168 Å². The summed E-state index contributed by atoms with van der Waals surface area (Å²) in [5.41, 5.74) is 2.61. The van der Waals surface area contributed by atoms with E-state index in [4.69, 9.17) is 4.74 Å². The van der Waals surface area contributed by atoms with Gasteiger partial charge in [-0.25, -0.2) is 0 Å². The van der Waals surface area contributed by atoms with Crippen molar-refractivity contribution in [2.45, 2.75) is 13.5 Å².